The van der Waals surface area contributed by atoms with Crippen molar-refractivity contribution in [1.82, 2.24) is 0 Å². The molecule has 1 fully saturated rings. The number of ether oxygens (including phenoxy) is 1. The lowest BCUT2D eigenvalue weighted by Gasteiger charge is -2.43. The minimum Gasteiger partial charge on any atom is -0.410 e. The second-order valence-corrected chi connectivity index (χ2v) is 15.8. The van der Waals surface area contributed by atoms with E-state index in [-0.39, 0.29) is 43.2 Å². The van der Waals surface area contributed by atoms with Crippen LogP contribution in [0.15, 0.2) is 71.9 Å². The summed E-state index contributed by atoms with van der Waals surface area (Å²) in [6.45, 7) is 10.2. The first-order valence-corrected chi connectivity index (χ1v) is 15.5. The van der Waals surface area contributed by atoms with E-state index in [1.807, 2.05) is 74.5 Å². The Morgan fingerprint density at radius 1 is 0.976 bits per heavy atom. The number of halogens is 4. The average molecular weight is 589 g/mol. The molecule has 0 amide bonds. The first kappa shape index (κ1) is 30.7. The number of morpholine rings is 1. The van der Waals surface area contributed by atoms with Crippen molar-refractivity contribution in [3.8, 4) is 0 Å². The zero-order chi connectivity index (χ0) is 29.9. The Bertz CT molecular complexity index is 1320. The van der Waals surface area contributed by atoms with E-state index in [0.717, 1.165) is 16.4 Å². The summed E-state index contributed by atoms with van der Waals surface area (Å²) in [6.07, 6.45) is -3.88. The number of hydrogen-bond donors (Lipinski definition) is 1. The highest BCUT2D eigenvalue weighted by molar-refractivity contribution is 6.99. The molecule has 0 spiro atoms. The second kappa shape index (κ2) is 12.3. The van der Waals surface area contributed by atoms with Crippen LogP contribution in [0.25, 0.3) is 0 Å². The zero-order valence-corrected chi connectivity index (χ0v) is 24.9. The summed E-state index contributed by atoms with van der Waals surface area (Å²) < 4.78 is 71.6. The van der Waals surface area contributed by atoms with Gasteiger partial charge in [-0.1, -0.05) is 86.6 Å². The molecule has 220 valence electrons. The number of nitrogens with zero attached hydrogens (tertiary/aromatic N) is 2. The fourth-order valence-electron chi connectivity index (χ4n) is 5.83. The second-order valence-electron chi connectivity index (χ2n) is 11.5. The molecule has 1 N–H and O–H groups in total. The highest BCUT2D eigenvalue weighted by Gasteiger charge is 2.50. The van der Waals surface area contributed by atoms with Gasteiger partial charge >= 0.3 is 0 Å². The molecule has 0 bridgehead atoms. The standard InChI is InChI=1S/C31H36F4N2O3Si/c1-20-17-37(18-21(2)40-20)29-22(16-25(26(32)27(29)33)28(36-38)30(34)35)19-39-41(31(3,4)5,23-12-8-6-9-13-23)24-14-10-7-11-15-24/h6-16,20-21,30,38H,17-19H2,1-5H3/t20-,21+. The molecule has 5 nitrogen and oxygen atoms in total. The highest BCUT2D eigenvalue weighted by atomic mass is 28.4. The van der Waals surface area contributed by atoms with Crippen molar-refractivity contribution in [2.75, 3.05) is 18.0 Å². The molecule has 0 unspecified atom stereocenters. The predicted molar refractivity (Wildman–Crippen MR) is 155 cm³/mol. The molecular formula is C31H36F4N2O3Si. The monoisotopic (exact) mass is 588 g/mol. The van der Waals surface area contributed by atoms with E-state index in [1.54, 1.807) is 4.90 Å². The van der Waals surface area contributed by atoms with Crippen LogP contribution < -0.4 is 15.3 Å². The molecule has 10 heteroatoms. The Morgan fingerprint density at radius 2 is 1.49 bits per heavy atom. The first-order valence-electron chi connectivity index (χ1n) is 13.6. The number of alkyl halides is 2. The summed E-state index contributed by atoms with van der Waals surface area (Å²) in [5.74, 6) is -2.80. The quantitative estimate of drug-likeness (QED) is 0.114. The van der Waals surface area contributed by atoms with Gasteiger partial charge in [0.15, 0.2) is 17.3 Å². The Hall–Kier alpha value is -3.21. The molecular weight excluding hydrogens is 552 g/mol. The summed E-state index contributed by atoms with van der Waals surface area (Å²) in [5, 5.41) is 13.4. The Labute approximate surface area is 239 Å². The lowest BCUT2D eigenvalue weighted by Crippen LogP contribution is -2.66. The Balaban J connectivity index is 1.93. The highest BCUT2D eigenvalue weighted by Crippen LogP contribution is 2.39. The lowest BCUT2D eigenvalue weighted by atomic mass is 10.0. The molecule has 41 heavy (non-hydrogen) atoms. The van der Waals surface area contributed by atoms with Crippen molar-refractivity contribution in [2.24, 2.45) is 5.16 Å². The van der Waals surface area contributed by atoms with Gasteiger partial charge in [0.05, 0.1) is 24.5 Å². The fourth-order valence-corrected chi connectivity index (χ4v) is 10.4. The van der Waals surface area contributed by atoms with Crippen LogP contribution in [0.2, 0.25) is 5.04 Å². The van der Waals surface area contributed by atoms with Gasteiger partial charge in [-0.2, -0.15) is 0 Å². The first-order chi connectivity index (χ1) is 19.4. The van der Waals surface area contributed by atoms with Gasteiger partial charge in [0, 0.05) is 24.2 Å². The molecule has 3 aromatic carbocycles. The Morgan fingerprint density at radius 3 is 1.93 bits per heavy atom. The van der Waals surface area contributed by atoms with E-state index in [2.05, 4.69) is 25.9 Å². The fraction of sp³-hybridized carbons (Fsp3) is 0.387. The molecule has 2 atom stereocenters. The van der Waals surface area contributed by atoms with Crippen LogP contribution in [0.1, 0.15) is 45.7 Å². The van der Waals surface area contributed by atoms with Gasteiger partial charge in [-0.3, -0.25) is 0 Å². The van der Waals surface area contributed by atoms with Crippen molar-refractivity contribution in [1.29, 1.82) is 0 Å². The van der Waals surface area contributed by atoms with Crippen LogP contribution in [-0.2, 0) is 15.8 Å². The summed E-state index contributed by atoms with van der Waals surface area (Å²) >= 11 is 0. The molecule has 1 aliphatic heterocycles. The molecule has 1 heterocycles. The van der Waals surface area contributed by atoms with Gasteiger partial charge < -0.3 is 19.3 Å². The van der Waals surface area contributed by atoms with E-state index in [0.29, 0.717) is 0 Å². The van der Waals surface area contributed by atoms with Crippen LogP contribution in [-0.4, -0.2) is 51.0 Å². The van der Waals surface area contributed by atoms with Crippen LogP contribution in [0.5, 0.6) is 0 Å². The van der Waals surface area contributed by atoms with Gasteiger partial charge in [0.2, 0.25) is 0 Å². The van der Waals surface area contributed by atoms with E-state index in [9.17, 15) is 14.0 Å². The molecule has 3 aromatic rings. The third-order valence-electron chi connectivity index (χ3n) is 7.45. The van der Waals surface area contributed by atoms with Crippen LogP contribution in [0, 0.1) is 11.6 Å². The smallest absolute Gasteiger partial charge is 0.284 e. The summed E-state index contributed by atoms with van der Waals surface area (Å²) in [7, 11) is -3.12. The van der Waals surface area contributed by atoms with Crippen molar-refractivity contribution in [3.05, 3.63) is 89.5 Å². The third-order valence-corrected chi connectivity index (χ3v) is 12.4. The summed E-state index contributed by atoms with van der Waals surface area (Å²) in [5.41, 5.74) is -1.95. The molecule has 1 aliphatic rings. The van der Waals surface area contributed by atoms with E-state index < -0.39 is 42.7 Å². The maximum absolute atomic E-state index is 15.9. The minimum atomic E-state index is -3.33. The van der Waals surface area contributed by atoms with Gasteiger partial charge in [0.1, 0.15) is 0 Å². The molecule has 0 radical (unpaired) electrons. The van der Waals surface area contributed by atoms with E-state index in [4.69, 9.17) is 9.16 Å². The predicted octanol–water partition coefficient (Wildman–Crippen LogP) is 6.10. The number of rotatable bonds is 8. The van der Waals surface area contributed by atoms with E-state index in [1.165, 1.54) is 0 Å². The number of anilines is 1. The molecule has 0 aliphatic carbocycles. The minimum absolute atomic E-state index is 0.0715. The third kappa shape index (κ3) is 6.05. The van der Waals surface area contributed by atoms with Gasteiger partial charge in [-0.15, -0.1) is 0 Å². The van der Waals surface area contributed by atoms with Crippen molar-refractivity contribution in [3.63, 3.8) is 0 Å². The molecule has 0 saturated carbocycles. The van der Waals surface area contributed by atoms with Gasteiger partial charge in [-0.25, -0.2) is 17.6 Å². The van der Waals surface area contributed by atoms with Crippen molar-refractivity contribution < 1.29 is 31.9 Å². The Kier molecular flexibility index (Phi) is 9.25. The van der Waals surface area contributed by atoms with Crippen molar-refractivity contribution >= 4 is 30.1 Å². The van der Waals surface area contributed by atoms with Crippen LogP contribution in [0.3, 0.4) is 0 Å². The van der Waals surface area contributed by atoms with Crippen molar-refractivity contribution in [2.45, 2.75) is 64.9 Å². The number of hydrogen-bond acceptors (Lipinski definition) is 5. The maximum Gasteiger partial charge on any atom is 0.284 e. The normalized spacial score (nSPS) is 18.7. The topological polar surface area (TPSA) is 54.3 Å². The average Bonchev–Trinajstić information content (AvgIpc) is 2.91. The molecule has 0 aromatic heterocycles. The van der Waals surface area contributed by atoms with E-state index >= 15 is 8.78 Å². The van der Waals surface area contributed by atoms with Crippen LogP contribution in [0.4, 0.5) is 23.2 Å². The lowest BCUT2D eigenvalue weighted by molar-refractivity contribution is -0.00553. The van der Waals surface area contributed by atoms with Crippen LogP contribution >= 0.6 is 0 Å². The SMILES string of the molecule is C[C@@H]1CN(c2c(CO[Si](c3ccccc3)(c3ccccc3)C(C)(C)C)cc(C(=NO)C(F)F)c(F)c2F)C[C@H](C)O1. The number of benzene rings is 3. The van der Waals surface area contributed by atoms with Gasteiger partial charge in [0.25, 0.3) is 14.7 Å². The maximum atomic E-state index is 15.9. The summed E-state index contributed by atoms with van der Waals surface area (Å²) in [4.78, 5) is 1.67. The summed E-state index contributed by atoms with van der Waals surface area (Å²) in [6, 6.07) is 20.7. The zero-order valence-electron chi connectivity index (χ0n) is 23.9. The van der Waals surface area contributed by atoms with Gasteiger partial charge in [-0.05, 0) is 35.3 Å². The molecule has 1 saturated heterocycles. The number of oxime groups is 1. The molecule has 4 rings (SSSR count). The largest absolute Gasteiger partial charge is 0.410 e.